The molecule has 4 nitrogen and oxygen atoms in total. The number of carbonyl (C=O) groups excluding carboxylic acids is 2. The third kappa shape index (κ3) is 2.56. The summed E-state index contributed by atoms with van der Waals surface area (Å²) in [6.07, 6.45) is 0.610. The van der Waals surface area contributed by atoms with Crippen molar-refractivity contribution in [2.24, 2.45) is 0 Å². The number of hydrogen-bond donors (Lipinski definition) is 1. The lowest BCUT2D eigenvalue weighted by Crippen LogP contribution is -2.19. The first-order valence-corrected chi connectivity index (χ1v) is 4.57. The van der Waals surface area contributed by atoms with Crippen LogP contribution in [0.1, 0.15) is 28.9 Å². The van der Waals surface area contributed by atoms with Crippen LogP contribution in [0.15, 0.2) is 24.3 Å². The van der Waals surface area contributed by atoms with Gasteiger partial charge >= 0.3 is 5.97 Å². The van der Waals surface area contributed by atoms with Crippen molar-refractivity contribution < 1.29 is 14.3 Å². The van der Waals surface area contributed by atoms with Crippen LogP contribution >= 0.6 is 0 Å². The van der Waals surface area contributed by atoms with Gasteiger partial charge in [-0.05, 0) is 18.6 Å². The predicted octanol–water partition coefficient (Wildman–Crippen LogP) is 1.28. The number of methoxy groups -OCH3 is 1. The SMILES string of the molecule is COC(=O)c1ccccc1C(C)NC=O. The summed E-state index contributed by atoms with van der Waals surface area (Å²) in [5.74, 6) is -0.398. The Hall–Kier alpha value is -1.84. The van der Waals surface area contributed by atoms with Crippen LogP contribution in [-0.4, -0.2) is 19.5 Å². The van der Waals surface area contributed by atoms with Gasteiger partial charge in [-0.25, -0.2) is 4.79 Å². The van der Waals surface area contributed by atoms with Crippen molar-refractivity contribution >= 4 is 12.4 Å². The van der Waals surface area contributed by atoms with Gasteiger partial charge in [0.25, 0.3) is 0 Å². The van der Waals surface area contributed by atoms with E-state index in [4.69, 9.17) is 0 Å². The minimum Gasteiger partial charge on any atom is -0.465 e. The average molecular weight is 207 g/mol. The molecule has 1 atom stereocenters. The van der Waals surface area contributed by atoms with E-state index in [9.17, 15) is 9.59 Å². The molecule has 15 heavy (non-hydrogen) atoms. The molecule has 1 amide bonds. The van der Waals surface area contributed by atoms with Crippen LogP contribution in [0.25, 0.3) is 0 Å². The van der Waals surface area contributed by atoms with E-state index in [1.807, 2.05) is 6.07 Å². The van der Waals surface area contributed by atoms with Crippen molar-refractivity contribution in [3.8, 4) is 0 Å². The first-order chi connectivity index (χ1) is 7.20. The molecule has 1 aromatic rings. The van der Waals surface area contributed by atoms with Crippen molar-refractivity contribution in [3.63, 3.8) is 0 Å². The van der Waals surface area contributed by atoms with Crippen LogP contribution in [-0.2, 0) is 9.53 Å². The highest BCUT2D eigenvalue weighted by atomic mass is 16.5. The number of carbonyl (C=O) groups is 2. The van der Waals surface area contributed by atoms with E-state index in [0.717, 1.165) is 5.56 Å². The highest BCUT2D eigenvalue weighted by Gasteiger charge is 2.14. The molecule has 1 aromatic carbocycles. The molecule has 0 spiro atoms. The molecule has 0 radical (unpaired) electrons. The monoisotopic (exact) mass is 207 g/mol. The van der Waals surface area contributed by atoms with Gasteiger partial charge in [0, 0.05) is 0 Å². The molecule has 0 bridgehead atoms. The molecular formula is C11H13NO3. The summed E-state index contributed by atoms with van der Waals surface area (Å²) >= 11 is 0. The maximum Gasteiger partial charge on any atom is 0.338 e. The topological polar surface area (TPSA) is 55.4 Å². The van der Waals surface area contributed by atoms with Crippen molar-refractivity contribution in [2.45, 2.75) is 13.0 Å². The van der Waals surface area contributed by atoms with E-state index in [1.54, 1.807) is 25.1 Å². The molecule has 1 rings (SSSR count). The molecular weight excluding hydrogens is 194 g/mol. The van der Waals surface area contributed by atoms with Gasteiger partial charge in [0.2, 0.25) is 6.41 Å². The van der Waals surface area contributed by atoms with E-state index in [-0.39, 0.29) is 6.04 Å². The number of hydrogen-bond acceptors (Lipinski definition) is 3. The molecule has 0 aliphatic heterocycles. The van der Waals surface area contributed by atoms with E-state index in [1.165, 1.54) is 7.11 Å². The van der Waals surface area contributed by atoms with Crippen molar-refractivity contribution in [2.75, 3.05) is 7.11 Å². The van der Waals surface area contributed by atoms with Crippen molar-refractivity contribution in [3.05, 3.63) is 35.4 Å². The molecule has 0 fully saturated rings. The molecule has 0 saturated heterocycles. The van der Waals surface area contributed by atoms with E-state index >= 15 is 0 Å². The average Bonchev–Trinajstić information content (AvgIpc) is 2.28. The zero-order valence-corrected chi connectivity index (χ0v) is 8.69. The third-order valence-corrected chi connectivity index (χ3v) is 2.15. The lowest BCUT2D eigenvalue weighted by molar-refractivity contribution is -0.110. The molecule has 0 aliphatic rings. The lowest BCUT2D eigenvalue weighted by atomic mass is 10.0. The van der Waals surface area contributed by atoms with Gasteiger partial charge in [-0.2, -0.15) is 0 Å². The van der Waals surface area contributed by atoms with Gasteiger partial charge in [0.05, 0.1) is 18.7 Å². The molecule has 0 saturated carbocycles. The van der Waals surface area contributed by atoms with Crippen LogP contribution in [0, 0.1) is 0 Å². The molecule has 1 unspecified atom stereocenters. The van der Waals surface area contributed by atoms with Gasteiger partial charge in [-0.1, -0.05) is 18.2 Å². The summed E-state index contributed by atoms with van der Waals surface area (Å²) in [7, 11) is 1.33. The highest BCUT2D eigenvalue weighted by Crippen LogP contribution is 2.17. The number of esters is 1. The van der Waals surface area contributed by atoms with E-state index < -0.39 is 5.97 Å². The maximum absolute atomic E-state index is 11.4. The second-order valence-corrected chi connectivity index (χ2v) is 3.09. The van der Waals surface area contributed by atoms with Gasteiger partial charge < -0.3 is 10.1 Å². The fourth-order valence-electron chi connectivity index (χ4n) is 1.36. The summed E-state index contributed by atoms with van der Waals surface area (Å²) in [5, 5.41) is 2.59. The third-order valence-electron chi connectivity index (χ3n) is 2.15. The van der Waals surface area contributed by atoms with Crippen LogP contribution in [0.4, 0.5) is 0 Å². The predicted molar refractivity (Wildman–Crippen MR) is 55.4 cm³/mol. The maximum atomic E-state index is 11.4. The van der Waals surface area contributed by atoms with Crippen LogP contribution in [0.5, 0.6) is 0 Å². The Balaban J connectivity index is 3.05. The first kappa shape index (κ1) is 11.2. The summed E-state index contributed by atoms with van der Waals surface area (Å²) in [5.41, 5.74) is 1.22. The molecule has 0 heterocycles. The zero-order chi connectivity index (χ0) is 11.3. The van der Waals surface area contributed by atoms with Crippen LogP contribution in [0.3, 0.4) is 0 Å². The fourth-order valence-corrected chi connectivity index (χ4v) is 1.36. The number of ether oxygens (including phenoxy) is 1. The second kappa shape index (κ2) is 5.14. The van der Waals surface area contributed by atoms with Gasteiger partial charge in [-0.15, -0.1) is 0 Å². The number of nitrogens with one attached hydrogen (secondary N) is 1. The quantitative estimate of drug-likeness (QED) is 0.597. The molecule has 0 aromatic heterocycles. The van der Waals surface area contributed by atoms with Crippen molar-refractivity contribution in [1.29, 1.82) is 0 Å². The van der Waals surface area contributed by atoms with Gasteiger partial charge in [0.1, 0.15) is 0 Å². The number of benzene rings is 1. The Bertz CT molecular complexity index is 363. The van der Waals surface area contributed by atoms with E-state index in [2.05, 4.69) is 10.1 Å². The minimum atomic E-state index is -0.398. The summed E-state index contributed by atoms with van der Waals surface area (Å²) in [6, 6.07) is 6.81. The van der Waals surface area contributed by atoms with Crippen LogP contribution < -0.4 is 5.32 Å². The number of rotatable bonds is 4. The Kier molecular flexibility index (Phi) is 3.85. The van der Waals surface area contributed by atoms with Crippen molar-refractivity contribution in [1.82, 2.24) is 5.32 Å². The molecule has 0 aliphatic carbocycles. The smallest absolute Gasteiger partial charge is 0.338 e. The summed E-state index contributed by atoms with van der Waals surface area (Å²) in [6.45, 7) is 1.80. The lowest BCUT2D eigenvalue weighted by Gasteiger charge is -2.13. The normalized spacial score (nSPS) is 11.6. The van der Waals surface area contributed by atoms with Crippen LogP contribution in [0.2, 0.25) is 0 Å². The fraction of sp³-hybridized carbons (Fsp3) is 0.273. The second-order valence-electron chi connectivity index (χ2n) is 3.09. The largest absolute Gasteiger partial charge is 0.465 e. The molecule has 1 N–H and O–H groups in total. The van der Waals surface area contributed by atoms with E-state index in [0.29, 0.717) is 12.0 Å². The molecule has 80 valence electrons. The Labute approximate surface area is 88.2 Å². The number of amides is 1. The Morgan fingerprint density at radius 2 is 2.13 bits per heavy atom. The highest BCUT2D eigenvalue weighted by molar-refractivity contribution is 5.91. The Morgan fingerprint density at radius 1 is 1.47 bits per heavy atom. The summed E-state index contributed by atoms with van der Waals surface area (Å²) < 4.78 is 4.65. The minimum absolute atomic E-state index is 0.210. The van der Waals surface area contributed by atoms with Gasteiger partial charge in [-0.3, -0.25) is 4.79 Å². The van der Waals surface area contributed by atoms with Gasteiger partial charge in [0.15, 0.2) is 0 Å². The molecule has 4 heteroatoms. The standard InChI is InChI=1S/C11H13NO3/c1-8(12-7-13)9-5-3-4-6-10(9)11(14)15-2/h3-8H,1-2H3,(H,12,13). The zero-order valence-electron chi connectivity index (χ0n) is 8.69. The summed E-state index contributed by atoms with van der Waals surface area (Å²) in [4.78, 5) is 21.7. The first-order valence-electron chi connectivity index (χ1n) is 4.57. The Morgan fingerprint density at radius 3 is 2.73 bits per heavy atom.